The number of carbonyl (C=O) groups excluding carboxylic acids is 2. The minimum atomic E-state index is -1.51. The fourth-order valence-electron chi connectivity index (χ4n) is 0.781. The van der Waals surface area contributed by atoms with Gasteiger partial charge >= 0.3 is 11.9 Å². The lowest BCUT2D eigenvalue weighted by atomic mass is 9.86. The van der Waals surface area contributed by atoms with Gasteiger partial charge in [-0.25, -0.2) is 4.79 Å². The third kappa shape index (κ3) is 2.42. The molecule has 0 radical (unpaired) electrons. The Hall–Kier alpha value is -1.10. The van der Waals surface area contributed by atoms with Gasteiger partial charge in [0.2, 0.25) is 0 Å². The summed E-state index contributed by atoms with van der Waals surface area (Å²) < 4.78 is 8.72. The van der Waals surface area contributed by atoms with Gasteiger partial charge in [-0.1, -0.05) is 0 Å². The molecule has 0 aromatic rings. The van der Waals surface area contributed by atoms with Crippen LogP contribution in [0, 0.1) is 5.41 Å². The largest absolute Gasteiger partial charge is 0.469 e. The second kappa shape index (κ2) is 4.23. The van der Waals surface area contributed by atoms with Crippen molar-refractivity contribution >= 4 is 11.9 Å². The zero-order chi connectivity index (χ0) is 10.6. The van der Waals surface area contributed by atoms with Crippen LogP contribution in [0.3, 0.4) is 0 Å². The summed E-state index contributed by atoms with van der Waals surface area (Å²) in [6.45, 7) is 2.81. The van der Waals surface area contributed by atoms with Gasteiger partial charge in [0, 0.05) is 0 Å². The van der Waals surface area contributed by atoms with E-state index in [4.69, 9.17) is 0 Å². The summed E-state index contributed by atoms with van der Waals surface area (Å²) in [4.78, 5) is 22.0. The number of aliphatic hydroxyl groups is 1. The van der Waals surface area contributed by atoms with Gasteiger partial charge in [0.1, 0.15) is 0 Å². The predicted molar refractivity (Wildman–Crippen MR) is 43.8 cm³/mol. The summed E-state index contributed by atoms with van der Waals surface area (Å²) in [6, 6.07) is 0. The molecule has 5 heteroatoms. The van der Waals surface area contributed by atoms with E-state index < -0.39 is 23.5 Å². The number of hydrogen-bond acceptors (Lipinski definition) is 5. The SMILES string of the molecule is COC(=O)C(O)C(C)(C)C(=O)OC. The second-order valence-electron chi connectivity index (χ2n) is 3.14. The highest BCUT2D eigenvalue weighted by Crippen LogP contribution is 2.23. The first-order valence-corrected chi connectivity index (χ1v) is 3.72. The van der Waals surface area contributed by atoms with Crippen molar-refractivity contribution in [1.82, 2.24) is 0 Å². The molecular formula is C8H14O5. The highest BCUT2D eigenvalue weighted by molar-refractivity contribution is 5.86. The molecule has 0 aliphatic rings. The van der Waals surface area contributed by atoms with Gasteiger partial charge in [0.25, 0.3) is 0 Å². The van der Waals surface area contributed by atoms with E-state index >= 15 is 0 Å². The van der Waals surface area contributed by atoms with E-state index in [1.54, 1.807) is 0 Å². The van der Waals surface area contributed by atoms with Crippen LogP contribution in [0.5, 0.6) is 0 Å². The minimum Gasteiger partial charge on any atom is -0.469 e. The van der Waals surface area contributed by atoms with E-state index in [1.807, 2.05) is 0 Å². The van der Waals surface area contributed by atoms with Gasteiger partial charge in [0.05, 0.1) is 19.6 Å². The van der Waals surface area contributed by atoms with E-state index in [2.05, 4.69) is 9.47 Å². The van der Waals surface area contributed by atoms with Crippen LogP contribution in [0.2, 0.25) is 0 Å². The maximum absolute atomic E-state index is 11.1. The summed E-state index contributed by atoms with van der Waals surface area (Å²) in [5, 5.41) is 9.37. The molecular weight excluding hydrogens is 176 g/mol. The normalized spacial score (nSPS) is 13.3. The van der Waals surface area contributed by atoms with Crippen molar-refractivity contribution in [2.45, 2.75) is 20.0 Å². The average molecular weight is 190 g/mol. The molecule has 0 aromatic carbocycles. The summed E-state index contributed by atoms with van der Waals surface area (Å²) >= 11 is 0. The third-order valence-electron chi connectivity index (χ3n) is 1.82. The number of aliphatic hydroxyl groups excluding tert-OH is 1. The Balaban J connectivity index is 4.62. The smallest absolute Gasteiger partial charge is 0.335 e. The van der Waals surface area contributed by atoms with Crippen molar-refractivity contribution < 1.29 is 24.2 Å². The molecule has 0 bridgehead atoms. The molecule has 13 heavy (non-hydrogen) atoms. The van der Waals surface area contributed by atoms with Gasteiger partial charge in [-0.2, -0.15) is 0 Å². The lowest BCUT2D eigenvalue weighted by Crippen LogP contribution is -2.43. The Morgan fingerprint density at radius 3 is 2.00 bits per heavy atom. The Morgan fingerprint density at radius 1 is 1.23 bits per heavy atom. The fraction of sp³-hybridized carbons (Fsp3) is 0.750. The zero-order valence-corrected chi connectivity index (χ0v) is 8.16. The van der Waals surface area contributed by atoms with Crippen LogP contribution in [-0.2, 0) is 19.1 Å². The summed E-state index contributed by atoms with van der Waals surface area (Å²) in [6.07, 6.45) is -1.51. The van der Waals surface area contributed by atoms with E-state index in [9.17, 15) is 14.7 Å². The van der Waals surface area contributed by atoms with Crippen molar-refractivity contribution in [2.24, 2.45) is 5.41 Å². The standard InChI is InChI=1S/C8H14O5/c1-8(2,7(11)13-4)5(9)6(10)12-3/h5,9H,1-4H3. The molecule has 5 nitrogen and oxygen atoms in total. The maximum Gasteiger partial charge on any atom is 0.335 e. The number of ether oxygens (including phenoxy) is 2. The molecule has 0 fully saturated rings. The molecule has 1 unspecified atom stereocenters. The molecule has 0 saturated heterocycles. The van der Waals surface area contributed by atoms with Gasteiger partial charge in [-0.3, -0.25) is 4.79 Å². The Kier molecular flexibility index (Phi) is 3.87. The third-order valence-corrected chi connectivity index (χ3v) is 1.82. The molecule has 0 aromatic heterocycles. The van der Waals surface area contributed by atoms with Crippen LogP contribution in [-0.4, -0.2) is 37.4 Å². The van der Waals surface area contributed by atoms with E-state index in [0.717, 1.165) is 7.11 Å². The van der Waals surface area contributed by atoms with Crippen LogP contribution in [0.4, 0.5) is 0 Å². The number of methoxy groups -OCH3 is 2. The summed E-state index contributed by atoms with van der Waals surface area (Å²) in [5.74, 6) is -1.51. The minimum absolute atomic E-state index is 0.662. The molecule has 0 rings (SSSR count). The molecule has 0 spiro atoms. The summed E-state index contributed by atoms with van der Waals surface area (Å²) in [5.41, 5.74) is -1.29. The average Bonchev–Trinajstić information content (AvgIpc) is 2.13. The molecule has 76 valence electrons. The van der Waals surface area contributed by atoms with Crippen molar-refractivity contribution in [3.63, 3.8) is 0 Å². The lowest BCUT2D eigenvalue weighted by Gasteiger charge is -2.25. The van der Waals surface area contributed by atoms with E-state index in [0.29, 0.717) is 0 Å². The molecule has 0 heterocycles. The first kappa shape index (κ1) is 11.9. The highest BCUT2D eigenvalue weighted by Gasteiger charge is 2.41. The monoisotopic (exact) mass is 190 g/mol. The number of carbonyl (C=O) groups is 2. The van der Waals surface area contributed by atoms with E-state index in [1.165, 1.54) is 21.0 Å². The fourth-order valence-corrected chi connectivity index (χ4v) is 0.781. The Morgan fingerprint density at radius 2 is 1.69 bits per heavy atom. The van der Waals surface area contributed by atoms with Crippen molar-refractivity contribution in [3.05, 3.63) is 0 Å². The Labute approximate surface area is 76.6 Å². The van der Waals surface area contributed by atoms with Crippen LogP contribution in [0.15, 0.2) is 0 Å². The van der Waals surface area contributed by atoms with Gasteiger partial charge in [0.15, 0.2) is 6.10 Å². The number of esters is 2. The number of rotatable bonds is 3. The molecule has 1 atom stereocenters. The molecule has 0 aliphatic carbocycles. The first-order chi connectivity index (χ1) is 5.87. The second-order valence-corrected chi connectivity index (χ2v) is 3.14. The predicted octanol–water partition coefficient (Wildman–Crippen LogP) is -0.281. The zero-order valence-electron chi connectivity index (χ0n) is 8.16. The van der Waals surface area contributed by atoms with Crippen LogP contribution >= 0.6 is 0 Å². The first-order valence-electron chi connectivity index (χ1n) is 3.72. The van der Waals surface area contributed by atoms with Crippen LogP contribution in [0.25, 0.3) is 0 Å². The number of hydrogen-bond donors (Lipinski definition) is 1. The highest BCUT2D eigenvalue weighted by atomic mass is 16.5. The molecule has 0 aliphatic heterocycles. The topological polar surface area (TPSA) is 72.8 Å². The van der Waals surface area contributed by atoms with Gasteiger partial charge < -0.3 is 14.6 Å². The summed E-state index contributed by atoms with van der Waals surface area (Å²) in [7, 11) is 2.33. The van der Waals surface area contributed by atoms with Crippen LogP contribution < -0.4 is 0 Å². The maximum atomic E-state index is 11.1. The van der Waals surface area contributed by atoms with Crippen molar-refractivity contribution in [1.29, 1.82) is 0 Å². The molecule has 0 saturated carbocycles. The van der Waals surface area contributed by atoms with Crippen molar-refractivity contribution in [2.75, 3.05) is 14.2 Å². The van der Waals surface area contributed by atoms with Crippen molar-refractivity contribution in [3.8, 4) is 0 Å². The van der Waals surface area contributed by atoms with Gasteiger partial charge in [-0.05, 0) is 13.8 Å². The van der Waals surface area contributed by atoms with Gasteiger partial charge in [-0.15, -0.1) is 0 Å². The van der Waals surface area contributed by atoms with Crippen LogP contribution in [0.1, 0.15) is 13.8 Å². The molecule has 1 N–H and O–H groups in total. The van der Waals surface area contributed by atoms with E-state index in [-0.39, 0.29) is 0 Å². The lowest BCUT2D eigenvalue weighted by molar-refractivity contribution is -0.170. The molecule has 0 amide bonds. The Bertz CT molecular complexity index is 209. The quantitative estimate of drug-likeness (QED) is 0.619.